The number of carbonyl (C=O) groups excluding carboxylic acids is 1. The van der Waals surface area contributed by atoms with Gasteiger partial charge in [-0.1, -0.05) is 0 Å². The smallest absolute Gasteiger partial charge is 0.151 e. The lowest BCUT2D eigenvalue weighted by Gasteiger charge is -2.19. The molecule has 0 aliphatic carbocycles. The fraction of sp³-hybridized carbons (Fsp3) is 0.154. The number of rotatable bonds is 4. The Balaban J connectivity index is 2.16. The molecule has 4 heteroatoms. The zero-order valence-corrected chi connectivity index (χ0v) is 11.0. The van der Waals surface area contributed by atoms with E-state index in [4.69, 9.17) is 4.42 Å². The number of hydrogen-bond donors (Lipinski definition) is 0. The summed E-state index contributed by atoms with van der Waals surface area (Å²) in [5.41, 5.74) is 2.82. The molecule has 1 heterocycles. The molecular weight excluding hydrogens is 282 g/mol. The van der Waals surface area contributed by atoms with E-state index in [-0.39, 0.29) is 0 Å². The Morgan fingerprint density at radius 2 is 2.24 bits per heavy atom. The standard InChI is InChI=1S/C13H12BrNO2/c1-15(7-10-4-5-17-9-10)12-3-2-11(8-16)13(14)6-12/h2-6,8-9H,7H2,1H3. The Hall–Kier alpha value is -1.55. The van der Waals surface area contributed by atoms with E-state index in [0.717, 1.165) is 28.6 Å². The van der Waals surface area contributed by atoms with Gasteiger partial charge < -0.3 is 9.32 Å². The first-order chi connectivity index (χ1) is 8.20. The van der Waals surface area contributed by atoms with Crippen LogP contribution in [0.15, 0.2) is 45.7 Å². The Morgan fingerprint density at radius 3 is 2.82 bits per heavy atom. The number of benzene rings is 1. The maximum atomic E-state index is 10.7. The number of aldehydes is 1. The lowest BCUT2D eigenvalue weighted by atomic mass is 10.2. The molecule has 17 heavy (non-hydrogen) atoms. The average Bonchev–Trinajstić information content (AvgIpc) is 2.81. The molecule has 0 spiro atoms. The van der Waals surface area contributed by atoms with Crippen LogP contribution in [0.5, 0.6) is 0 Å². The minimum absolute atomic E-state index is 0.658. The first-order valence-corrected chi connectivity index (χ1v) is 5.97. The molecule has 1 aromatic carbocycles. The predicted molar refractivity (Wildman–Crippen MR) is 70.3 cm³/mol. The van der Waals surface area contributed by atoms with E-state index < -0.39 is 0 Å². The molecule has 0 bridgehead atoms. The largest absolute Gasteiger partial charge is 0.472 e. The number of halogens is 1. The molecule has 0 fully saturated rings. The zero-order chi connectivity index (χ0) is 12.3. The van der Waals surface area contributed by atoms with E-state index in [1.807, 2.05) is 25.2 Å². The quantitative estimate of drug-likeness (QED) is 0.809. The third-order valence-electron chi connectivity index (χ3n) is 2.55. The van der Waals surface area contributed by atoms with Crippen LogP contribution < -0.4 is 4.90 Å². The molecule has 0 unspecified atom stereocenters. The molecule has 88 valence electrons. The zero-order valence-electron chi connectivity index (χ0n) is 9.39. The second-order valence-electron chi connectivity index (χ2n) is 3.81. The third kappa shape index (κ3) is 2.77. The normalized spacial score (nSPS) is 10.2. The van der Waals surface area contributed by atoms with E-state index in [1.54, 1.807) is 18.6 Å². The SMILES string of the molecule is CN(Cc1ccoc1)c1ccc(C=O)c(Br)c1. The molecule has 0 saturated carbocycles. The summed E-state index contributed by atoms with van der Waals surface area (Å²) in [7, 11) is 2.00. The van der Waals surface area contributed by atoms with Crippen LogP contribution in [0.2, 0.25) is 0 Å². The predicted octanol–water partition coefficient (Wildman–Crippen LogP) is 3.49. The van der Waals surface area contributed by atoms with Gasteiger partial charge in [-0.2, -0.15) is 0 Å². The van der Waals surface area contributed by atoms with E-state index in [1.165, 1.54) is 0 Å². The summed E-state index contributed by atoms with van der Waals surface area (Å²) in [5, 5.41) is 0. The van der Waals surface area contributed by atoms with Gasteiger partial charge in [0.25, 0.3) is 0 Å². The lowest BCUT2D eigenvalue weighted by molar-refractivity contribution is 0.112. The molecule has 1 aromatic heterocycles. The number of nitrogens with zero attached hydrogens (tertiary/aromatic N) is 1. The van der Waals surface area contributed by atoms with Crippen molar-refractivity contribution >= 4 is 27.9 Å². The van der Waals surface area contributed by atoms with E-state index in [0.29, 0.717) is 5.56 Å². The summed E-state index contributed by atoms with van der Waals surface area (Å²) in [6.45, 7) is 0.767. The fourth-order valence-corrected chi connectivity index (χ4v) is 2.06. The highest BCUT2D eigenvalue weighted by Gasteiger charge is 2.06. The Bertz CT molecular complexity index is 508. The van der Waals surface area contributed by atoms with Crippen molar-refractivity contribution < 1.29 is 9.21 Å². The van der Waals surface area contributed by atoms with Crippen molar-refractivity contribution in [3.8, 4) is 0 Å². The number of furan rings is 1. The molecule has 0 radical (unpaired) electrons. The summed E-state index contributed by atoms with van der Waals surface area (Å²) in [4.78, 5) is 12.8. The topological polar surface area (TPSA) is 33.5 Å². The van der Waals surface area contributed by atoms with Gasteiger partial charge in [-0.25, -0.2) is 0 Å². The number of anilines is 1. The van der Waals surface area contributed by atoms with Crippen LogP contribution in [0.1, 0.15) is 15.9 Å². The maximum Gasteiger partial charge on any atom is 0.151 e. The molecule has 0 N–H and O–H groups in total. The van der Waals surface area contributed by atoms with Crippen LogP contribution >= 0.6 is 15.9 Å². The van der Waals surface area contributed by atoms with Gasteiger partial charge >= 0.3 is 0 Å². The van der Waals surface area contributed by atoms with Crippen molar-refractivity contribution in [1.82, 2.24) is 0 Å². The molecule has 2 aromatic rings. The van der Waals surface area contributed by atoms with Crippen LogP contribution in [0.4, 0.5) is 5.69 Å². The van der Waals surface area contributed by atoms with E-state index in [2.05, 4.69) is 20.8 Å². The monoisotopic (exact) mass is 293 g/mol. The molecule has 0 aliphatic heterocycles. The maximum absolute atomic E-state index is 10.7. The minimum atomic E-state index is 0.658. The summed E-state index contributed by atoms with van der Waals surface area (Å²) in [6, 6.07) is 7.60. The van der Waals surface area contributed by atoms with Gasteiger partial charge in [-0.05, 0) is 40.2 Å². The van der Waals surface area contributed by atoms with Gasteiger partial charge in [-0.15, -0.1) is 0 Å². The summed E-state index contributed by atoms with van der Waals surface area (Å²) in [5.74, 6) is 0. The van der Waals surface area contributed by atoms with Crippen LogP contribution in [-0.2, 0) is 6.54 Å². The minimum Gasteiger partial charge on any atom is -0.472 e. The molecular formula is C13H12BrNO2. The first-order valence-electron chi connectivity index (χ1n) is 5.17. The van der Waals surface area contributed by atoms with Gasteiger partial charge in [-0.3, -0.25) is 4.79 Å². The average molecular weight is 294 g/mol. The van der Waals surface area contributed by atoms with Gasteiger partial charge in [0.2, 0.25) is 0 Å². The van der Waals surface area contributed by atoms with Crippen LogP contribution in [0.25, 0.3) is 0 Å². The van der Waals surface area contributed by atoms with Gasteiger partial charge in [0.15, 0.2) is 6.29 Å². The van der Waals surface area contributed by atoms with Crippen molar-refractivity contribution in [2.75, 3.05) is 11.9 Å². The van der Waals surface area contributed by atoms with Crippen molar-refractivity contribution in [2.45, 2.75) is 6.54 Å². The van der Waals surface area contributed by atoms with Crippen molar-refractivity contribution in [2.24, 2.45) is 0 Å². The van der Waals surface area contributed by atoms with Crippen LogP contribution in [0, 0.1) is 0 Å². The molecule has 0 aliphatic rings. The molecule has 0 atom stereocenters. The first kappa shape index (κ1) is 11.9. The highest BCUT2D eigenvalue weighted by Crippen LogP contribution is 2.23. The molecule has 0 amide bonds. The van der Waals surface area contributed by atoms with Crippen molar-refractivity contribution in [3.05, 3.63) is 52.4 Å². The van der Waals surface area contributed by atoms with Gasteiger partial charge in [0.05, 0.1) is 12.5 Å². The summed E-state index contributed by atoms with van der Waals surface area (Å²) in [6.07, 6.45) is 4.23. The Kier molecular flexibility index (Phi) is 3.64. The highest BCUT2D eigenvalue weighted by molar-refractivity contribution is 9.10. The lowest BCUT2D eigenvalue weighted by Crippen LogP contribution is -2.15. The third-order valence-corrected chi connectivity index (χ3v) is 3.24. The summed E-state index contributed by atoms with van der Waals surface area (Å²) < 4.78 is 5.84. The second-order valence-corrected chi connectivity index (χ2v) is 4.67. The van der Waals surface area contributed by atoms with Crippen LogP contribution in [0.3, 0.4) is 0 Å². The Labute approximate surface area is 108 Å². The Morgan fingerprint density at radius 1 is 1.41 bits per heavy atom. The van der Waals surface area contributed by atoms with Gasteiger partial charge in [0, 0.05) is 34.9 Å². The number of hydrogen-bond acceptors (Lipinski definition) is 3. The van der Waals surface area contributed by atoms with Crippen LogP contribution in [-0.4, -0.2) is 13.3 Å². The highest BCUT2D eigenvalue weighted by atomic mass is 79.9. The molecule has 0 saturated heterocycles. The van der Waals surface area contributed by atoms with Gasteiger partial charge in [0.1, 0.15) is 0 Å². The van der Waals surface area contributed by atoms with E-state index in [9.17, 15) is 4.79 Å². The summed E-state index contributed by atoms with van der Waals surface area (Å²) >= 11 is 3.38. The molecule has 2 rings (SSSR count). The van der Waals surface area contributed by atoms with E-state index >= 15 is 0 Å². The van der Waals surface area contributed by atoms with Crippen molar-refractivity contribution in [3.63, 3.8) is 0 Å². The fourth-order valence-electron chi connectivity index (χ4n) is 1.60. The molecule has 3 nitrogen and oxygen atoms in total. The second kappa shape index (κ2) is 5.19. The van der Waals surface area contributed by atoms with Crippen molar-refractivity contribution in [1.29, 1.82) is 0 Å². The number of carbonyl (C=O) groups is 1.